The number of halogens is 2. The van der Waals surface area contributed by atoms with Crippen molar-refractivity contribution < 1.29 is 13.9 Å². The van der Waals surface area contributed by atoms with E-state index in [2.05, 4.69) is 15.6 Å². The highest BCUT2D eigenvalue weighted by atomic mass is 32.2. The van der Waals surface area contributed by atoms with E-state index in [1.165, 1.54) is 23.9 Å². The summed E-state index contributed by atoms with van der Waals surface area (Å²) >= 11 is 3.09. The fourth-order valence-corrected chi connectivity index (χ4v) is 7.28. The van der Waals surface area contributed by atoms with E-state index in [1.54, 1.807) is 17.5 Å². The van der Waals surface area contributed by atoms with Gasteiger partial charge < -0.3 is 15.7 Å². The predicted octanol–water partition coefficient (Wildman–Crippen LogP) is 6.35. The van der Waals surface area contributed by atoms with Gasteiger partial charge >= 0.3 is 0 Å². The van der Waals surface area contributed by atoms with Gasteiger partial charge in [0.05, 0.1) is 27.3 Å². The molecule has 0 aliphatic heterocycles. The molecule has 3 heterocycles. The van der Waals surface area contributed by atoms with Crippen LogP contribution in [0.3, 0.4) is 0 Å². The van der Waals surface area contributed by atoms with Crippen molar-refractivity contribution in [2.75, 3.05) is 22.9 Å². The molecule has 2 saturated carbocycles. The Morgan fingerprint density at radius 1 is 1.08 bits per heavy atom. The number of pyridine rings is 1. The second-order valence-electron chi connectivity index (χ2n) is 10.6. The highest BCUT2D eigenvalue weighted by Gasteiger charge is 2.40. The predicted molar refractivity (Wildman–Crippen MR) is 152 cm³/mol. The SMILES string of the molecule is Cc1nc(NCC2(O)CC2)nc(N[C@H]2CC[C@@H](CSc3cc(F)cc(F)c3)C2)c1-c1nc2c(C)nccc2s1. The molecule has 0 amide bonds. The zero-order chi connectivity index (χ0) is 27.1. The van der Waals surface area contributed by atoms with Gasteiger partial charge in [-0.25, -0.2) is 18.7 Å². The number of rotatable bonds is 9. The molecule has 2 aliphatic carbocycles. The van der Waals surface area contributed by atoms with Crippen molar-refractivity contribution in [2.45, 2.75) is 62.5 Å². The van der Waals surface area contributed by atoms with Gasteiger partial charge in [0.2, 0.25) is 5.95 Å². The summed E-state index contributed by atoms with van der Waals surface area (Å²) in [5.41, 5.74) is 2.78. The lowest BCUT2D eigenvalue weighted by Crippen LogP contribution is -2.23. The number of thioether (sulfide) groups is 1. The normalized spacial score (nSPS) is 19.9. The molecule has 2 fully saturated rings. The fourth-order valence-electron chi connectivity index (χ4n) is 5.04. The lowest BCUT2D eigenvalue weighted by Gasteiger charge is -2.19. The molecule has 2 atom stereocenters. The van der Waals surface area contributed by atoms with Gasteiger partial charge in [0.1, 0.15) is 28.0 Å². The molecule has 6 rings (SSSR count). The second kappa shape index (κ2) is 10.6. The first-order valence-corrected chi connectivity index (χ1v) is 15.0. The van der Waals surface area contributed by atoms with E-state index in [1.807, 2.05) is 19.9 Å². The number of aryl methyl sites for hydroxylation is 2. The van der Waals surface area contributed by atoms with E-state index < -0.39 is 17.2 Å². The van der Waals surface area contributed by atoms with Crippen molar-refractivity contribution in [1.82, 2.24) is 19.9 Å². The van der Waals surface area contributed by atoms with Crippen molar-refractivity contribution in [3.05, 3.63) is 53.5 Å². The van der Waals surface area contributed by atoms with Gasteiger partial charge in [0.15, 0.2) is 0 Å². The first kappa shape index (κ1) is 26.3. The van der Waals surface area contributed by atoms with Crippen LogP contribution in [0.15, 0.2) is 35.4 Å². The fraction of sp³-hybridized carbons (Fsp3) is 0.429. The third-order valence-corrected chi connectivity index (χ3v) is 9.65. The highest BCUT2D eigenvalue weighted by Crippen LogP contribution is 2.40. The van der Waals surface area contributed by atoms with E-state index in [0.717, 1.165) is 81.9 Å². The molecule has 1 aromatic carbocycles. The van der Waals surface area contributed by atoms with E-state index in [0.29, 0.717) is 23.3 Å². The van der Waals surface area contributed by atoms with Gasteiger partial charge in [-0.05, 0) is 70.1 Å². The summed E-state index contributed by atoms with van der Waals surface area (Å²) < 4.78 is 28.2. The Kier molecular flexibility index (Phi) is 7.15. The minimum atomic E-state index is -0.665. The molecule has 0 radical (unpaired) electrons. The molecule has 0 saturated heterocycles. The number of fused-ring (bicyclic) bond motifs is 1. The summed E-state index contributed by atoms with van der Waals surface area (Å²) in [7, 11) is 0. The van der Waals surface area contributed by atoms with Crippen LogP contribution in [-0.2, 0) is 0 Å². The second-order valence-corrected chi connectivity index (χ2v) is 12.8. The van der Waals surface area contributed by atoms with Crippen LogP contribution in [0.2, 0.25) is 0 Å². The van der Waals surface area contributed by atoms with Crippen LogP contribution in [0.1, 0.15) is 43.5 Å². The third-order valence-electron chi connectivity index (χ3n) is 7.40. The number of nitrogens with one attached hydrogen (secondary N) is 2. The minimum Gasteiger partial charge on any atom is -0.388 e. The summed E-state index contributed by atoms with van der Waals surface area (Å²) in [4.78, 5) is 19.5. The lowest BCUT2D eigenvalue weighted by atomic mass is 10.1. The Labute approximate surface area is 233 Å². The summed E-state index contributed by atoms with van der Waals surface area (Å²) in [6, 6.07) is 5.85. The number of thiazole rings is 1. The summed E-state index contributed by atoms with van der Waals surface area (Å²) in [6.07, 6.45) is 6.28. The maximum Gasteiger partial charge on any atom is 0.225 e. The average Bonchev–Trinajstić information content (AvgIpc) is 3.24. The minimum absolute atomic E-state index is 0.200. The Bertz CT molecular complexity index is 1510. The molecule has 3 N–H and O–H groups in total. The van der Waals surface area contributed by atoms with Gasteiger partial charge in [0.25, 0.3) is 0 Å². The van der Waals surface area contributed by atoms with Gasteiger partial charge in [-0.15, -0.1) is 23.1 Å². The summed E-state index contributed by atoms with van der Waals surface area (Å²) in [5.74, 6) is 1.33. The molecule has 0 unspecified atom stereocenters. The number of aliphatic hydroxyl groups is 1. The quantitative estimate of drug-likeness (QED) is 0.201. The zero-order valence-electron chi connectivity index (χ0n) is 21.8. The maximum absolute atomic E-state index is 13.6. The summed E-state index contributed by atoms with van der Waals surface area (Å²) in [6.45, 7) is 4.34. The van der Waals surface area contributed by atoms with E-state index >= 15 is 0 Å². The average molecular weight is 569 g/mol. The monoisotopic (exact) mass is 568 g/mol. The zero-order valence-corrected chi connectivity index (χ0v) is 23.4. The molecule has 39 heavy (non-hydrogen) atoms. The molecule has 7 nitrogen and oxygen atoms in total. The Morgan fingerprint density at radius 2 is 1.87 bits per heavy atom. The molecule has 2 aliphatic rings. The van der Waals surface area contributed by atoms with Gasteiger partial charge in [-0.1, -0.05) is 0 Å². The van der Waals surface area contributed by atoms with E-state index in [4.69, 9.17) is 15.0 Å². The molecular formula is C28H30F2N6OS2. The molecule has 204 valence electrons. The first-order chi connectivity index (χ1) is 18.7. The van der Waals surface area contributed by atoms with Crippen LogP contribution in [0.5, 0.6) is 0 Å². The maximum atomic E-state index is 13.6. The van der Waals surface area contributed by atoms with Gasteiger partial charge in [0, 0.05) is 35.5 Å². The van der Waals surface area contributed by atoms with Crippen molar-refractivity contribution in [3.8, 4) is 10.6 Å². The summed E-state index contributed by atoms with van der Waals surface area (Å²) in [5, 5.41) is 18.0. The molecule has 3 aromatic heterocycles. The van der Waals surface area contributed by atoms with Crippen LogP contribution in [-0.4, -0.2) is 49.0 Å². The van der Waals surface area contributed by atoms with Crippen molar-refractivity contribution >= 4 is 45.1 Å². The van der Waals surface area contributed by atoms with E-state index in [-0.39, 0.29) is 6.04 Å². The molecule has 0 spiro atoms. The largest absolute Gasteiger partial charge is 0.388 e. The number of benzene rings is 1. The Hall–Kier alpha value is -2.89. The van der Waals surface area contributed by atoms with Crippen LogP contribution in [0.25, 0.3) is 20.8 Å². The Morgan fingerprint density at radius 3 is 2.62 bits per heavy atom. The van der Waals surface area contributed by atoms with Crippen LogP contribution < -0.4 is 10.6 Å². The van der Waals surface area contributed by atoms with Crippen LogP contribution >= 0.6 is 23.1 Å². The van der Waals surface area contributed by atoms with E-state index in [9.17, 15) is 13.9 Å². The van der Waals surface area contributed by atoms with Crippen LogP contribution in [0.4, 0.5) is 20.5 Å². The first-order valence-electron chi connectivity index (χ1n) is 13.2. The number of aromatic nitrogens is 4. The van der Waals surface area contributed by atoms with Crippen LogP contribution in [0, 0.1) is 31.4 Å². The lowest BCUT2D eigenvalue weighted by molar-refractivity contribution is 0.164. The number of hydrogen-bond acceptors (Lipinski definition) is 9. The van der Waals surface area contributed by atoms with Crippen molar-refractivity contribution in [1.29, 1.82) is 0 Å². The van der Waals surface area contributed by atoms with Gasteiger partial charge in [-0.2, -0.15) is 4.98 Å². The number of anilines is 2. The number of hydrogen-bond donors (Lipinski definition) is 3. The van der Waals surface area contributed by atoms with Crippen molar-refractivity contribution in [2.24, 2.45) is 5.92 Å². The molecule has 0 bridgehead atoms. The van der Waals surface area contributed by atoms with Gasteiger partial charge in [-0.3, -0.25) is 4.98 Å². The van der Waals surface area contributed by atoms with Crippen molar-refractivity contribution in [3.63, 3.8) is 0 Å². The topological polar surface area (TPSA) is 95.9 Å². The standard InChI is InChI=1S/C28H30F2N6OS2/c1-15-23(26-35-24-16(2)31-8-5-22(24)39-26)25(36-27(33-15)32-14-28(37)6-7-28)34-20-4-3-17(9-20)13-38-21-11-18(29)10-19(30)12-21/h5,8,10-12,17,20,37H,3-4,6-7,9,13-14H2,1-2H3,(H2,32,33,34,36)/t17-,20+/m1/s1. The third kappa shape index (κ3) is 6.00. The Balaban J connectivity index is 1.23. The smallest absolute Gasteiger partial charge is 0.225 e. The molecule has 4 aromatic rings. The molecular weight excluding hydrogens is 538 g/mol. The molecule has 11 heteroatoms. The number of nitrogens with zero attached hydrogens (tertiary/aromatic N) is 4. The highest BCUT2D eigenvalue weighted by molar-refractivity contribution is 7.99.